The van der Waals surface area contributed by atoms with Crippen molar-refractivity contribution in [3.05, 3.63) is 112 Å². The summed E-state index contributed by atoms with van der Waals surface area (Å²) in [7, 11) is -3.64. The molecule has 180 valence electrons. The van der Waals surface area contributed by atoms with E-state index < -0.39 is 10.0 Å². The molecule has 0 radical (unpaired) electrons. The lowest BCUT2D eigenvalue weighted by Crippen LogP contribution is -2.29. The SMILES string of the molecule is CS(=O)(=O)N(Cc1c(Cl)cccc1Cl)c1ccc(C(=O)NCc2ccc(-n3ccnc3)cc2)cc1. The fourth-order valence-electron chi connectivity index (χ4n) is 3.49. The van der Waals surface area contributed by atoms with Gasteiger partial charge >= 0.3 is 0 Å². The lowest BCUT2D eigenvalue weighted by molar-refractivity contribution is 0.0951. The molecule has 0 saturated carbocycles. The average Bonchev–Trinajstić information content (AvgIpc) is 3.37. The van der Waals surface area contributed by atoms with Gasteiger partial charge in [0.15, 0.2) is 0 Å². The monoisotopic (exact) mass is 528 g/mol. The summed E-state index contributed by atoms with van der Waals surface area (Å²) in [6.07, 6.45) is 6.39. The number of anilines is 1. The van der Waals surface area contributed by atoms with Gasteiger partial charge in [-0.3, -0.25) is 9.10 Å². The standard InChI is InChI=1S/C25H22Cl2N4O3S/c1-35(33,34)31(16-22-23(26)3-2-4-24(22)27)21-11-7-19(8-12-21)25(32)29-15-18-5-9-20(10-6-18)30-14-13-28-17-30/h2-14,17H,15-16H2,1H3,(H,29,32). The number of sulfonamides is 1. The number of halogens is 2. The molecule has 1 amide bonds. The van der Waals surface area contributed by atoms with Crippen LogP contribution in [0.4, 0.5) is 5.69 Å². The largest absolute Gasteiger partial charge is 0.348 e. The third kappa shape index (κ3) is 6.03. The third-order valence-corrected chi connectivity index (χ3v) is 7.22. The Morgan fingerprint density at radius 1 is 1.00 bits per heavy atom. The van der Waals surface area contributed by atoms with Crippen molar-refractivity contribution in [1.29, 1.82) is 0 Å². The Labute approximate surface area is 214 Å². The Balaban J connectivity index is 1.44. The van der Waals surface area contributed by atoms with Gasteiger partial charge in [0.05, 0.1) is 24.8 Å². The minimum atomic E-state index is -3.64. The van der Waals surface area contributed by atoms with Crippen LogP contribution in [0.25, 0.3) is 5.69 Å². The van der Waals surface area contributed by atoms with E-state index in [-0.39, 0.29) is 12.5 Å². The van der Waals surface area contributed by atoms with Gasteiger partial charge in [-0.1, -0.05) is 41.4 Å². The second-order valence-corrected chi connectivity index (χ2v) is 10.6. The molecule has 7 nitrogen and oxygen atoms in total. The number of aromatic nitrogens is 2. The Morgan fingerprint density at radius 3 is 2.23 bits per heavy atom. The van der Waals surface area contributed by atoms with Crippen LogP contribution in [0.1, 0.15) is 21.5 Å². The molecule has 0 atom stereocenters. The van der Waals surface area contributed by atoms with Gasteiger partial charge in [-0.2, -0.15) is 0 Å². The molecule has 0 fully saturated rings. The molecule has 1 heterocycles. The molecule has 0 aliphatic rings. The summed E-state index contributed by atoms with van der Waals surface area (Å²) in [5.41, 5.74) is 3.23. The van der Waals surface area contributed by atoms with Crippen LogP contribution in [0.2, 0.25) is 10.0 Å². The van der Waals surface area contributed by atoms with Gasteiger partial charge in [0.1, 0.15) is 0 Å². The Hall–Kier alpha value is -3.33. The summed E-state index contributed by atoms with van der Waals surface area (Å²) in [4.78, 5) is 16.7. The number of amides is 1. The molecule has 0 unspecified atom stereocenters. The summed E-state index contributed by atoms with van der Waals surface area (Å²) in [6.45, 7) is 0.323. The van der Waals surface area contributed by atoms with E-state index in [2.05, 4.69) is 10.3 Å². The number of nitrogens with one attached hydrogen (secondary N) is 1. The Bertz CT molecular complexity index is 1400. The molecule has 1 aromatic heterocycles. The van der Waals surface area contributed by atoms with Gasteiger partial charge in [0.25, 0.3) is 5.91 Å². The van der Waals surface area contributed by atoms with Crippen molar-refractivity contribution < 1.29 is 13.2 Å². The van der Waals surface area contributed by atoms with E-state index in [9.17, 15) is 13.2 Å². The van der Waals surface area contributed by atoms with E-state index in [1.54, 1.807) is 55.0 Å². The zero-order chi connectivity index (χ0) is 25.0. The number of carbonyl (C=O) groups is 1. The van der Waals surface area contributed by atoms with Crippen LogP contribution in [0.5, 0.6) is 0 Å². The number of carbonyl (C=O) groups excluding carboxylic acids is 1. The molecular formula is C25H22Cl2N4O3S. The van der Waals surface area contributed by atoms with Crippen molar-refractivity contribution in [3.8, 4) is 5.69 Å². The number of hydrogen-bond acceptors (Lipinski definition) is 4. The molecule has 0 bridgehead atoms. The molecule has 3 aromatic carbocycles. The summed E-state index contributed by atoms with van der Waals surface area (Å²) in [5.74, 6) is -0.268. The van der Waals surface area contributed by atoms with Gasteiger partial charge in [-0.05, 0) is 54.1 Å². The van der Waals surface area contributed by atoms with E-state index >= 15 is 0 Å². The predicted octanol–water partition coefficient (Wildman–Crippen LogP) is 5.08. The highest BCUT2D eigenvalue weighted by atomic mass is 35.5. The smallest absolute Gasteiger partial charge is 0.251 e. The lowest BCUT2D eigenvalue weighted by Gasteiger charge is -2.23. The summed E-state index contributed by atoms with van der Waals surface area (Å²) >= 11 is 12.5. The van der Waals surface area contributed by atoms with E-state index in [1.165, 1.54) is 4.31 Å². The fraction of sp³-hybridized carbons (Fsp3) is 0.120. The van der Waals surface area contributed by atoms with Crippen molar-refractivity contribution in [2.24, 2.45) is 0 Å². The summed E-state index contributed by atoms with van der Waals surface area (Å²) < 4.78 is 28.1. The van der Waals surface area contributed by atoms with Gasteiger partial charge in [0.2, 0.25) is 10.0 Å². The Kier molecular flexibility index (Phi) is 7.45. The first-order chi connectivity index (χ1) is 16.7. The summed E-state index contributed by atoms with van der Waals surface area (Å²) in [6, 6.07) is 19.1. The van der Waals surface area contributed by atoms with Crippen LogP contribution in [-0.4, -0.2) is 30.1 Å². The maximum Gasteiger partial charge on any atom is 0.251 e. The first-order valence-electron chi connectivity index (χ1n) is 10.6. The number of imidazole rings is 1. The molecule has 10 heteroatoms. The molecule has 0 aliphatic heterocycles. The second-order valence-electron chi connectivity index (χ2n) is 7.84. The van der Waals surface area contributed by atoms with Crippen LogP contribution >= 0.6 is 23.2 Å². The fourth-order valence-corrected chi connectivity index (χ4v) is 4.87. The molecule has 1 N–H and O–H groups in total. The van der Waals surface area contributed by atoms with Crippen LogP contribution in [0, 0.1) is 0 Å². The van der Waals surface area contributed by atoms with Crippen LogP contribution in [0.3, 0.4) is 0 Å². The number of benzene rings is 3. The highest BCUT2D eigenvalue weighted by Gasteiger charge is 2.21. The van der Waals surface area contributed by atoms with Gasteiger partial charge < -0.3 is 9.88 Å². The number of nitrogens with zero attached hydrogens (tertiary/aromatic N) is 3. The highest BCUT2D eigenvalue weighted by Crippen LogP contribution is 2.29. The van der Waals surface area contributed by atoms with E-state index in [4.69, 9.17) is 23.2 Å². The Morgan fingerprint density at radius 2 is 1.66 bits per heavy atom. The minimum Gasteiger partial charge on any atom is -0.348 e. The van der Waals surface area contributed by atoms with Crippen molar-refractivity contribution in [3.63, 3.8) is 0 Å². The maximum absolute atomic E-state index is 12.6. The zero-order valence-electron chi connectivity index (χ0n) is 18.7. The van der Waals surface area contributed by atoms with Gasteiger partial charge in [-0.15, -0.1) is 0 Å². The highest BCUT2D eigenvalue weighted by molar-refractivity contribution is 7.92. The van der Waals surface area contributed by atoms with Crippen molar-refractivity contribution in [1.82, 2.24) is 14.9 Å². The zero-order valence-corrected chi connectivity index (χ0v) is 21.1. The molecule has 4 aromatic rings. The predicted molar refractivity (Wildman–Crippen MR) is 139 cm³/mol. The molecule has 35 heavy (non-hydrogen) atoms. The molecule has 0 spiro atoms. The second kappa shape index (κ2) is 10.5. The first kappa shape index (κ1) is 24.8. The maximum atomic E-state index is 12.6. The summed E-state index contributed by atoms with van der Waals surface area (Å²) in [5, 5.41) is 3.63. The quantitative estimate of drug-likeness (QED) is 0.345. The van der Waals surface area contributed by atoms with E-state index in [0.717, 1.165) is 17.5 Å². The van der Waals surface area contributed by atoms with Crippen LogP contribution < -0.4 is 9.62 Å². The van der Waals surface area contributed by atoms with Gasteiger partial charge in [0, 0.05) is 45.8 Å². The third-order valence-electron chi connectivity index (χ3n) is 5.37. The molecule has 0 aliphatic carbocycles. The lowest BCUT2D eigenvalue weighted by atomic mass is 10.1. The van der Waals surface area contributed by atoms with Crippen molar-refractivity contribution in [2.45, 2.75) is 13.1 Å². The van der Waals surface area contributed by atoms with Crippen LogP contribution in [-0.2, 0) is 23.1 Å². The van der Waals surface area contributed by atoms with Gasteiger partial charge in [-0.25, -0.2) is 13.4 Å². The van der Waals surface area contributed by atoms with Crippen LogP contribution in [0.15, 0.2) is 85.5 Å². The minimum absolute atomic E-state index is 0.0298. The first-order valence-corrected chi connectivity index (χ1v) is 13.2. The average molecular weight is 529 g/mol. The number of rotatable bonds is 8. The molecule has 0 saturated heterocycles. The van der Waals surface area contributed by atoms with Crippen molar-refractivity contribution >= 4 is 44.8 Å². The molecule has 4 rings (SSSR count). The van der Waals surface area contributed by atoms with Crippen molar-refractivity contribution in [2.75, 3.05) is 10.6 Å². The number of hydrogen-bond donors (Lipinski definition) is 1. The normalized spacial score (nSPS) is 11.3. The topological polar surface area (TPSA) is 84.3 Å². The van der Waals surface area contributed by atoms with E-state index in [0.29, 0.717) is 33.4 Å². The molecular weight excluding hydrogens is 507 g/mol. The van der Waals surface area contributed by atoms with E-state index in [1.807, 2.05) is 35.0 Å².